The summed E-state index contributed by atoms with van der Waals surface area (Å²) >= 11 is 0. The summed E-state index contributed by atoms with van der Waals surface area (Å²) in [5, 5.41) is 8.46. The maximum absolute atomic E-state index is 11.5. The zero-order valence-electron chi connectivity index (χ0n) is 12.4. The maximum atomic E-state index is 11.5. The van der Waals surface area contributed by atoms with Crippen LogP contribution in [0.5, 0.6) is 11.5 Å². The second kappa shape index (κ2) is 6.90. The summed E-state index contributed by atoms with van der Waals surface area (Å²) in [5.74, 6) is -1.63. The van der Waals surface area contributed by atoms with Gasteiger partial charge in [-0.05, 0) is 39.3 Å². The molecule has 0 fully saturated rings. The normalized spacial score (nSPS) is 11.4. The highest BCUT2D eigenvalue weighted by molar-refractivity contribution is 5.92. The Hall–Kier alpha value is -2.34. The predicted octanol–water partition coefficient (Wildman–Crippen LogP) is 2.65. The number of carbonyl (C=O) groups is 2. The van der Waals surface area contributed by atoms with Gasteiger partial charge in [0.05, 0.1) is 0 Å². The Kier molecular flexibility index (Phi) is 5.49. The third kappa shape index (κ3) is 6.09. The van der Waals surface area contributed by atoms with Crippen molar-refractivity contribution in [3.05, 3.63) is 35.9 Å². The highest BCUT2D eigenvalue weighted by Crippen LogP contribution is 2.32. The first-order valence-corrected chi connectivity index (χ1v) is 6.27. The molecule has 0 aromatic heterocycles. The lowest BCUT2D eigenvalue weighted by Gasteiger charge is -2.19. The van der Waals surface area contributed by atoms with Crippen molar-refractivity contribution < 1.29 is 29.2 Å². The topological polar surface area (TPSA) is 82.1 Å². The molecule has 0 aliphatic heterocycles. The molecule has 0 aliphatic carbocycles. The molecular weight excluding hydrogens is 276 g/mol. The van der Waals surface area contributed by atoms with Crippen molar-refractivity contribution in [2.75, 3.05) is 0 Å². The third-order valence-corrected chi connectivity index (χ3v) is 2.12. The smallest absolute Gasteiger partial charge is 0.336 e. The zero-order chi connectivity index (χ0) is 16.0. The molecule has 0 atom stereocenters. The number of carboxylic acid groups (broad SMARTS) is 1. The van der Waals surface area contributed by atoms with Crippen LogP contribution in [0.2, 0.25) is 0 Å². The lowest BCUT2D eigenvalue weighted by Crippen LogP contribution is -2.22. The van der Waals surface area contributed by atoms with E-state index in [4.69, 9.17) is 19.6 Å². The van der Waals surface area contributed by atoms with E-state index in [-0.39, 0.29) is 11.5 Å². The van der Waals surface area contributed by atoms with Crippen LogP contribution >= 0.6 is 0 Å². The van der Waals surface area contributed by atoms with Gasteiger partial charge in [0.1, 0.15) is 5.60 Å². The van der Waals surface area contributed by atoms with Crippen LogP contribution in [0.3, 0.4) is 0 Å². The summed E-state index contributed by atoms with van der Waals surface area (Å²) in [7, 11) is 0. The second-order valence-electron chi connectivity index (χ2n) is 5.27. The molecule has 0 amide bonds. The third-order valence-electron chi connectivity index (χ3n) is 2.12. The van der Waals surface area contributed by atoms with Gasteiger partial charge >= 0.3 is 11.9 Å². The molecule has 0 aliphatic rings. The van der Waals surface area contributed by atoms with Crippen LogP contribution in [0.25, 0.3) is 0 Å². The highest BCUT2D eigenvalue weighted by Gasteiger charge is 2.17. The number of hydrogen-bond acceptors (Lipinski definition) is 5. The quantitative estimate of drug-likeness (QED) is 0.295. The second-order valence-corrected chi connectivity index (χ2v) is 5.27. The highest BCUT2D eigenvalue weighted by atomic mass is 17.2. The van der Waals surface area contributed by atoms with Crippen LogP contribution in [0.1, 0.15) is 26.3 Å². The van der Waals surface area contributed by atoms with Gasteiger partial charge in [-0.2, -0.15) is 4.89 Å². The summed E-state index contributed by atoms with van der Waals surface area (Å²) in [6, 6.07) is 4.98. The largest absolute Gasteiger partial charge is 0.478 e. The van der Waals surface area contributed by atoms with Crippen LogP contribution in [0, 0.1) is 6.92 Å². The Morgan fingerprint density at radius 1 is 1.19 bits per heavy atom. The van der Waals surface area contributed by atoms with Gasteiger partial charge in [0, 0.05) is 12.2 Å². The number of hydrogen-bond donors (Lipinski definition) is 1. The average molecular weight is 294 g/mol. The zero-order valence-corrected chi connectivity index (χ0v) is 12.4. The summed E-state index contributed by atoms with van der Waals surface area (Å²) in [5.41, 5.74) is 0.180. The molecule has 0 bridgehead atoms. The van der Waals surface area contributed by atoms with Crippen molar-refractivity contribution in [2.45, 2.75) is 33.3 Å². The monoisotopic (exact) mass is 294 g/mol. The number of carbonyl (C=O) groups excluding carboxylic acids is 1. The lowest BCUT2D eigenvalue weighted by atomic mass is 10.2. The van der Waals surface area contributed by atoms with Crippen LogP contribution in [-0.4, -0.2) is 22.6 Å². The lowest BCUT2D eigenvalue weighted by molar-refractivity contribution is -0.275. The van der Waals surface area contributed by atoms with Gasteiger partial charge in [-0.3, -0.25) is 0 Å². The Morgan fingerprint density at radius 3 is 2.43 bits per heavy atom. The summed E-state index contributed by atoms with van der Waals surface area (Å²) in [6.07, 6.45) is 1.52. The fourth-order valence-corrected chi connectivity index (χ4v) is 1.26. The van der Waals surface area contributed by atoms with Crippen molar-refractivity contribution in [1.29, 1.82) is 0 Å². The van der Waals surface area contributed by atoms with Gasteiger partial charge in [-0.1, -0.05) is 12.1 Å². The Bertz CT molecular complexity index is 554. The van der Waals surface area contributed by atoms with E-state index in [1.54, 1.807) is 19.1 Å². The fraction of sp³-hybridized carbons (Fsp3) is 0.333. The van der Waals surface area contributed by atoms with Gasteiger partial charge in [0.25, 0.3) is 0 Å². The van der Waals surface area contributed by atoms with Gasteiger partial charge in [-0.15, -0.1) is 0 Å². The number of para-hydroxylation sites is 1. The Labute approximate surface area is 122 Å². The standard InChI is InChI=1S/C15H18O6/c1-10-6-5-7-11(14(10)20-21-15(2,3)4)19-13(18)9-8-12(16)17/h5-9H,1-4H3,(H,16,17)/b9-8+. The number of aliphatic carboxylic acids is 1. The molecule has 1 aromatic rings. The van der Waals surface area contributed by atoms with Gasteiger partial charge in [0.2, 0.25) is 5.75 Å². The number of benzene rings is 1. The molecule has 6 heteroatoms. The van der Waals surface area contributed by atoms with E-state index in [0.29, 0.717) is 11.6 Å². The van der Waals surface area contributed by atoms with Crippen molar-refractivity contribution in [3.63, 3.8) is 0 Å². The molecule has 0 saturated heterocycles. The van der Waals surface area contributed by atoms with Crippen LogP contribution in [0.15, 0.2) is 30.4 Å². The molecule has 1 rings (SSSR count). The number of aryl methyl sites for hydroxylation is 1. The first-order chi connectivity index (χ1) is 9.69. The number of rotatable bonds is 5. The number of ether oxygens (including phenoxy) is 1. The molecule has 0 heterocycles. The van der Waals surface area contributed by atoms with E-state index in [1.165, 1.54) is 6.07 Å². The van der Waals surface area contributed by atoms with E-state index in [1.807, 2.05) is 20.8 Å². The SMILES string of the molecule is Cc1cccc(OC(=O)/C=C/C(=O)O)c1OOC(C)(C)C. The first kappa shape index (κ1) is 16.7. The summed E-state index contributed by atoms with van der Waals surface area (Å²) in [6.45, 7) is 7.21. The van der Waals surface area contributed by atoms with Crippen LogP contribution in [0.4, 0.5) is 0 Å². The average Bonchev–Trinajstić information content (AvgIpc) is 2.34. The molecule has 0 spiro atoms. The summed E-state index contributed by atoms with van der Waals surface area (Å²) < 4.78 is 5.05. The molecule has 0 unspecified atom stereocenters. The van der Waals surface area contributed by atoms with Gasteiger partial charge in [0.15, 0.2) is 5.75 Å². The molecule has 1 aromatic carbocycles. The Morgan fingerprint density at radius 2 is 1.86 bits per heavy atom. The molecule has 1 N–H and O–H groups in total. The van der Waals surface area contributed by atoms with E-state index in [2.05, 4.69) is 0 Å². The van der Waals surface area contributed by atoms with E-state index >= 15 is 0 Å². The van der Waals surface area contributed by atoms with Crippen LogP contribution < -0.4 is 9.62 Å². The molecule has 6 nitrogen and oxygen atoms in total. The maximum Gasteiger partial charge on any atom is 0.336 e. The Balaban J connectivity index is 2.89. The minimum atomic E-state index is -1.23. The fourth-order valence-electron chi connectivity index (χ4n) is 1.26. The van der Waals surface area contributed by atoms with Gasteiger partial charge in [-0.25, -0.2) is 9.59 Å². The predicted molar refractivity (Wildman–Crippen MR) is 75.1 cm³/mol. The summed E-state index contributed by atoms with van der Waals surface area (Å²) in [4.78, 5) is 32.3. The van der Waals surface area contributed by atoms with Crippen molar-refractivity contribution >= 4 is 11.9 Å². The first-order valence-electron chi connectivity index (χ1n) is 6.27. The number of esters is 1. The molecular formula is C15H18O6. The van der Waals surface area contributed by atoms with E-state index < -0.39 is 17.5 Å². The van der Waals surface area contributed by atoms with Crippen molar-refractivity contribution in [2.24, 2.45) is 0 Å². The molecule has 21 heavy (non-hydrogen) atoms. The number of carboxylic acids is 1. The van der Waals surface area contributed by atoms with Crippen LogP contribution in [-0.2, 0) is 14.5 Å². The van der Waals surface area contributed by atoms with Crippen molar-refractivity contribution in [3.8, 4) is 11.5 Å². The molecule has 114 valence electrons. The van der Waals surface area contributed by atoms with Crippen molar-refractivity contribution in [1.82, 2.24) is 0 Å². The minimum absolute atomic E-state index is 0.152. The molecule has 0 radical (unpaired) electrons. The minimum Gasteiger partial charge on any atom is -0.478 e. The van der Waals surface area contributed by atoms with Gasteiger partial charge < -0.3 is 14.7 Å². The van der Waals surface area contributed by atoms with E-state index in [0.717, 1.165) is 6.08 Å². The molecule has 0 saturated carbocycles. The van der Waals surface area contributed by atoms with E-state index in [9.17, 15) is 9.59 Å².